The zero-order chi connectivity index (χ0) is 14.0. The van der Waals surface area contributed by atoms with Crippen LogP contribution in [0.25, 0.3) is 11.1 Å². The van der Waals surface area contributed by atoms with Crippen LogP contribution >= 0.6 is 0 Å². The van der Waals surface area contributed by atoms with Crippen LogP contribution in [0.4, 0.5) is 5.82 Å². The number of ether oxygens (including phenoxy) is 1. The van der Waals surface area contributed by atoms with E-state index in [1.165, 1.54) is 0 Å². The van der Waals surface area contributed by atoms with Crippen molar-refractivity contribution in [2.45, 2.75) is 20.0 Å². The van der Waals surface area contributed by atoms with E-state index in [0.29, 0.717) is 11.1 Å². The standard InChI is InChI=1S/C13H15N3O3/c1-7(2)19-9-5-3-8(4-6-9)10-11(13(17)18)15-16-12(10)14/h3-7H,1-2H3,(H,17,18)(H3,14,15,16). The minimum atomic E-state index is -1.10. The first-order chi connectivity index (χ1) is 8.99. The average molecular weight is 261 g/mol. The van der Waals surface area contributed by atoms with Crippen LogP contribution in [0.15, 0.2) is 24.3 Å². The number of aromatic carboxylic acids is 1. The average Bonchev–Trinajstić information content (AvgIpc) is 2.71. The summed E-state index contributed by atoms with van der Waals surface area (Å²) in [7, 11) is 0. The van der Waals surface area contributed by atoms with Crippen molar-refractivity contribution in [3.05, 3.63) is 30.0 Å². The van der Waals surface area contributed by atoms with Crippen LogP contribution in [0.2, 0.25) is 0 Å². The van der Waals surface area contributed by atoms with Gasteiger partial charge in [0.05, 0.1) is 11.7 Å². The molecule has 0 radical (unpaired) electrons. The number of nitrogens with zero attached hydrogens (tertiary/aromatic N) is 1. The number of nitrogen functional groups attached to an aromatic ring is 1. The van der Waals surface area contributed by atoms with Crippen LogP contribution in [0.5, 0.6) is 5.75 Å². The lowest BCUT2D eigenvalue weighted by atomic mass is 10.1. The second-order valence-corrected chi connectivity index (χ2v) is 4.35. The van der Waals surface area contributed by atoms with Gasteiger partial charge in [-0.2, -0.15) is 5.10 Å². The molecule has 0 unspecified atom stereocenters. The number of carboxylic acid groups (broad SMARTS) is 1. The molecule has 0 aliphatic heterocycles. The highest BCUT2D eigenvalue weighted by atomic mass is 16.5. The van der Waals surface area contributed by atoms with Gasteiger partial charge in [0.2, 0.25) is 0 Å². The molecule has 0 saturated heterocycles. The van der Waals surface area contributed by atoms with Crippen LogP contribution in [0.3, 0.4) is 0 Å². The van der Waals surface area contributed by atoms with Crippen molar-refractivity contribution >= 4 is 11.8 Å². The molecule has 0 aliphatic rings. The highest BCUT2D eigenvalue weighted by Gasteiger charge is 2.18. The summed E-state index contributed by atoms with van der Waals surface area (Å²) in [5, 5.41) is 15.2. The molecule has 6 heteroatoms. The first-order valence-electron chi connectivity index (χ1n) is 5.83. The van der Waals surface area contributed by atoms with Gasteiger partial charge in [-0.25, -0.2) is 4.79 Å². The van der Waals surface area contributed by atoms with Crippen LogP contribution in [0.1, 0.15) is 24.3 Å². The molecule has 0 saturated carbocycles. The fraction of sp³-hybridized carbons (Fsp3) is 0.231. The van der Waals surface area contributed by atoms with Crippen LogP contribution in [-0.2, 0) is 0 Å². The summed E-state index contributed by atoms with van der Waals surface area (Å²) in [6.45, 7) is 3.87. The number of H-pyrrole nitrogens is 1. The molecule has 1 heterocycles. The molecule has 4 N–H and O–H groups in total. The van der Waals surface area contributed by atoms with E-state index in [9.17, 15) is 4.79 Å². The maximum Gasteiger partial charge on any atom is 0.354 e. The van der Waals surface area contributed by atoms with Crippen molar-refractivity contribution in [2.75, 3.05) is 5.73 Å². The third kappa shape index (κ3) is 2.67. The van der Waals surface area contributed by atoms with Gasteiger partial charge in [0, 0.05) is 0 Å². The van der Waals surface area contributed by atoms with Gasteiger partial charge >= 0.3 is 5.97 Å². The summed E-state index contributed by atoms with van der Waals surface area (Å²) in [6, 6.07) is 7.05. The molecular weight excluding hydrogens is 246 g/mol. The second-order valence-electron chi connectivity index (χ2n) is 4.35. The first kappa shape index (κ1) is 12.9. The number of hydrogen-bond donors (Lipinski definition) is 3. The van der Waals surface area contributed by atoms with Crippen molar-refractivity contribution in [3.8, 4) is 16.9 Å². The summed E-state index contributed by atoms with van der Waals surface area (Å²) in [5.74, 6) is -0.214. The fourth-order valence-corrected chi connectivity index (χ4v) is 1.78. The molecule has 100 valence electrons. The quantitative estimate of drug-likeness (QED) is 0.782. The molecule has 0 atom stereocenters. The third-order valence-corrected chi connectivity index (χ3v) is 2.52. The molecule has 1 aromatic carbocycles. The van der Waals surface area contributed by atoms with E-state index in [4.69, 9.17) is 15.6 Å². The number of benzene rings is 1. The molecule has 0 spiro atoms. The minimum absolute atomic E-state index is 0.0185. The normalized spacial score (nSPS) is 10.7. The Kier molecular flexibility index (Phi) is 3.41. The molecule has 0 bridgehead atoms. The Morgan fingerprint density at radius 2 is 2.00 bits per heavy atom. The molecule has 0 aliphatic carbocycles. The van der Waals surface area contributed by atoms with Gasteiger partial charge in [-0.05, 0) is 31.5 Å². The number of anilines is 1. The molecule has 6 nitrogen and oxygen atoms in total. The van der Waals surface area contributed by atoms with E-state index in [2.05, 4.69) is 10.2 Å². The van der Waals surface area contributed by atoms with Crippen molar-refractivity contribution in [3.63, 3.8) is 0 Å². The predicted molar refractivity (Wildman–Crippen MR) is 71.2 cm³/mol. The van der Waals surface area contributed by atoms with Gasteiger partial charge in [0.1, 0.15) is 5.75 Å². The van der Waals surface area contributed by atoms with Crippen molar-refractivity contribution in [2.24, 2.45) is 0 Å². The maximum absolute atomic E-state index is 11.1. The Hall–Kier alpha value is -2.50. The number of aromatic nitrogens is 2. The highest BCUT2D eigenvalue weighted by molar-refractivity contribution is 5.97. The first-order valence-corrected chi connectivity index (χ1v) is 5.83. The molecule has 2 aromatic rings. The summed E-state index contributed by atoms with van der Waals surface area (Å²) in [5.41, 5.74) is 6.75. The monoisotopic (exact) mass is 261 g/mol. The Morgan fingerprint density at radius 3 is 2.53 bits per heavy atom. The molecule has 1 aromatic heterocycles. The van der Waals surface area contributed by atoms with Crippen LogP contribution in [-0.4, -0.2) is 27.4 Å². The van der Waals surface area contributed by atoms with Crippen molar-refractivity contribution < 1.29 is 14.6 Å². The fourth-order valence-electron chi connectivity index (χ4n) is 1.78. The largest absolute Gasteiger partial charge is 0.491 e. The predicted octanol–water partition coefficient (Wildman–Crippen LogP) is 2.14. The number of carbonyl (C=O) groups is 1. The summed E-state index contributed by atoms with van der Waals surface area (Å²) >= 11 is 0. The Morgan fingerprint density at radius 1 is 1.37 bits per heavy atom. The Labute approximate surface area is 110 Å². The van der Waals surface area contributed by atoms with E-state index in [1.54, 1.807) is 24.3 Å². The van der Waals surface area contributed by atoms with E-state index < -0.39 is 5.97 Å². The lowest BCUT2D eigenvalue weighted by Gasteiger charge is -2.10. The topological polar surface area (TPSA) is 101 Å². The molecule has 19 heavy (non-hydrogen) atoms. The summed E-state index contributed by atoms with van der Waals surface area (Å²) < 4.78 is 5.52. The van der Waals surface area contributed by atoms with Crippen molar-refractivity contribution in [1.29, 1.82) is 0 Å². The smallest absolute Gasteiger partial charge is 0.354 e. The number of rotatable bonds is 4. The number of hydrogen-bond acceptors (Lipinski definition) is 4. The van der Waals surface area contributed by atoms with Gasteiger partial charge in [-0.15, -0.1) is 0 Å². The van der Waals surface area contributed by atoms with Gasteiger partial charge in [-0.1, -0.05) is 12.1 Å². The van der Waals surface area contributed by atoms with Gasteiger partial charge in [0.15, 0.2) is 11.5 Å². The van der Waals surface area contributed by atoms with Gasteiger partial charge in [0.25, 0.3) is 0 Å². The summed E-state index contributed by atoms with van der Waals surface area (Å²) in [6.07, 6.45) is 0.0828. The number of aromatic amines is 1. The van der Waals surface area contributed by atoms with Crippen molar-refractivity contribution in [1.82, 2.24) is 10.2 Å². The lowest BCUT2D eigenvalue weighted by molar-refractivity contribution is 0.0691. The zero-order valence-electron chi connectivity index (χ0n) is 10.7. The Balaban J connectivity index is 2.37. The van der Waals surface area contributed by atoms with E-state index in [0.717, 1.165) is 5.75 Å². The molecular formula is C13H15N3O3. The minimum Gasteiger partial charge on any atom is -0.491 e. The maximum atomic E-state index is 11.1. The van der Waals surface area contributed by atoms with Crippen LogP contribution < -0.4 is 10.5 Å². The van der Waals surface area contributed by atoms with E-state index in [-0.39, 0.29) is 17.6 Å². The van der Waals surface area contributed by atoms with E-state index in [1.807, 2.05) is 13.8 Å². The molecule has 0 amide bonds. The number of nitrogens with two attached hydrogens (primary N) is 1. The highest BCUT2D eigenvalue weighted by Crippen LogP contribution is 2.29. The third-order valence-electron chi connectivity index (χ3n) is 2.52. The number of carboxylic acids is 1. The lowest BCUT2D eigenvalue weighted by Crippen LogP contribution is -2.05. The van der Waals surface area contributed by atoms with Gasteiger partial charge in [-0.3, -0.25) is 5.10 Å². The SMILES string of the molecule is CC(C)Oc1ccc(-c2c(N)n[nH]c2C(=O)O)cc1. The molecule has 0 fully saturated rings. The Bertz CT molecular complexity index is 588. The van der Waals surface area contributed by atoms with Crippen LogP contribution in [0, 0.1) is 0 Å². The molecule has 2 rings (SSSR count). The number of nitrogens with one attached hydrogen (secondary N) is 1. The zero-order valence-corrected chi connectivity index (χ0v) is 10.7. The van der Waals surface area contributed by atoms with Gasteiger partial charge < -0.3 is 15.6 Å². The summed E-state index contributed by atoms with van der Waals surface area (Å²) in [4.78, 5) is 11.1. The second kappa shape index (κ2) is 5.01. The van der Waals surface area contributed by atoms with E-state index >= 15 is 0 Å².